The Balaban J connectivity index is 3.67. The Morgan fingerprint density at radius 1 is 1.00 bits per heavy atom. The van der Waals surface area contributed by atoms with Crippen molar-refractivity contribution in [3.63, 3.8) is 0 Å². The Kier molecular flexibility index (Phi) is 9.27. The van der Waals surface area contributed by atoms with Crippen LogP contribution >= 0.6 is 0 Å². The molecule has 0 aromatic heterocycles. The largest absolute Gasteiger partial charge is 0.380 e. The van der Waals surface area contributed by atoms with Crippen molar-refractivity contribution in [1.29, 1.82) is 0 Å². The van der Waals surface area contributed by atoms with Gasteiger partial charge in [0.05, 0.1) is 13.2 Å². The van der Waals surface area contributed by atoms with Gasteiger partial charge in [-0.1, -0.05) is 0 Å². The van der Waals surface area contributed by atoms with Crippen molar-refractivity contribution in [3.8, 4) is 0 Å². The topological polar surface area (TPSA) is 55.8 Å². The Bertz CT molecular complexity index is 178. The Hall–Kier alpha value is -0.170. The molecule has 0 amide bonds. The van der Waals surface area contributed by atoms with Gasteiger partial charge in [0, 0.05) is 26.3 Å². The first kappa shape index (κ1) is 13.8. The van der Waals surface area contributed by atoms with Gasteiger partial charge in [-0.3, -0.25) is 0 Å². The number of thiol groups is 1. The summed E-state index contributed by atoms with van der Waals surface area (Å²) in [6, 6.07) is 0. The SMILES string of the molecule is CCOCCN(CCOCC)[SH](=O)=O. The molecule has 5 nitrogen and oxygen atoms in total. The van der Waals surface area contributed by atoms with E-state index in [-0.39, 0.29) is 0 Å². The summed E-state index contributed by atoms with van der Waals surface area (Å²) < 4.78 is 33.0. The fourth-order valence-electron chi connectivity index (χ4n) is 0.904. The summed E-state index contributed by atoms with van der Waals surface area (Å²) in [6.45, 7) is 6.64. The lowest BCUT2D eigenvalue weighted by Gasteiger charge is -2.14. The quantitative estimate of drug-likeness (QED) is 0.439. The molecule has 0 aliphatic carbocycles. The van der Waals surface area contributed by atoms with Crippen molar-refractivity contribution in [2.24, 2.45) is 0 Å². The molecule has 0 bridgehead atoms. The van der Waals surface area contributed by atoms with Gasteiger partial charge >= 0.3 is 0 Å². The maximum Gasteiger partial charge on any atom is 0.204 e. The smallest absolute Gasteiger partial charge is 0.204 e. The van der Waals surface area contributed by atoms with E-state index in [1.165, 1.54) is 4.31 Å². The van der Waals surface area contributed by atoms with Crippen molar-refractivity contribution in [2.75, 3.05) is 39.5 Å². The molecule has 0 saturated heterocycles. The minimum absolute atomic E-state index is 0.402. The standard InChI is InChI=1S/C8H19NO4S/c1-3-12-7-5-9(14(10)11)6-8-13-4-2/h14H,3-8H2,1-2H3. The van der Waals surface area contributed by atoms with Crippen LogP contribution in [0.25, 0.3) is 0 Å². The lowest BCUT2D eigenvalue weighted by Crippen LogP contribution is -2.29. The van der Waals surface area contributed by atoms with Crippen LogP contribution in [-0.2, 0) is 20.4 Å². The van der Waals surface area contributed by atoms with Crippen LogP contribution in [0.5, 0.6) is 0 Å². The van der Waals surface area contributed by atoms with Gasteiger partial charge in [0.25, 0.3) is 0 Å². The molecule has 0 aromatic rings. The highest BCUT2D eigenvalue weighted by Gasteiger charge is 2.05. The van der Waals surface area contributed by atoms with Crippen LogP contribution in [0.1, 0.15) is 13.8 Å². The molecule has 0 heterocycles. The first-order chi connectivity index (χ1) is 6.72. The van der Waals surface area contributed by atoms with Crippen LogP contribution in [0.4, 0.5) is 0 Å². The highest BCUT2D eigenvalue weighted by atomic mass is 32.2. The molecule has 0 aliphatic heterocycles. The summed E-state index contributed by atoms with van der Waals surface area (Å²) in [5.41, 5.74) is 0. The fraction of sp³-hybridized carbons (Fsp3) is 1.00. The van der Waals surface area contributed by atoms with Crippen LogP contribution in [0.3, 0.4) is 0 Å². The molecule has 0 saturated carbocycles. The van der Waals surface area contributed by atoms with Gasteiger partial charge in [0.2, 0.25) is 10.9 Å². The van der Waals surface area contributed by atoms with E-state index in [0.29, 0.717) is 39.5 Å². The third kappa shape index (κ3) is 7.25. The predicted octanol–water partition coefficient (Wildman–Crippen LogP) is -0.112. The molecule has 0 atom stereocenters. The van der Waals surface area contributed by atoms with E-state index in [1.807, 2.05) is 13.8 Å². The average molecular weight is 225 g/mol. The van der Waals surface area contributed by atoms with Crippen LogP contribution in [0.15, 0.2) is 0 Å². The van der Waals surface area contributed by atoms with Gasteiger partial charge < -0.3 is 9.47 Å². The lowest BCUT2D eigenvalue weighted by molar-refractivity contribution is 0.111. The minimum Gasteiger partial charge on any atom is -0.380 e. The van der Waals surface area contributed by atoms with Gasteiger partial charge in [0.15, 0.2) is 0 Å². The Labute approximate surface area is 87.1 Å². The van der Waals surface area contributed by atoms with E-state index >= 15 is 0 Å². The molecule has 0 N–H and O–H groups in total. The highest BCUT2D eigenvalue weighted by molar-refractivity contribution is 7.69. The zero-order valence-corrected chi connectivity index (χ0v) is 9.66. The molecule has 0 unspecified atom stereocenters. The number of nitrogens with zero attached hydrogens (tertiary/aromatic N) is 1. The van der Waals surface area contributed by atoms with E-state index in [0.717, 1.165) is 0 Å². The van der Waals surface area contributed by atoms with Gasteiger partial charge in [-0.25, -0.2) is 8.42 Å². The van der Waals surface area contributed by atoms with E-state index in [2.05, 4.69) is 0 Å². The molecule has 86 valence electrons. The normalized spacial score (nSPS) is 11.4. The molecule has 14 heavy (non-hydrogen) atoms. The number of rotatable bonds is 9. The predicted molar refractivity (Wildman–Crippen MR) is 54.9 cm³/mol. The van der Waals surface area contributed by atoms with E-state index in [9.17, 15) is 8.42 Å². The van der Waals surface area contributed by atoms with Gasteiger partial charge in [-0.2, -0.15) is 4.31 Å². The second kappa shape index (κ2) is 9.39. The Morgan fingerprint density at radius 3 is 1.71 bits per heavy atom. The highest BCUT2D eigenvalue weighted by Crippen LogP contribution is 1.89. The summed E-state index contributed by atoms with van der Waals surface area (Å²) in [5, 5.41) is 0. The summed E-state index contributed by atoms with van der Waals surface area (Å²) in [6.07, 6.45) is 0. The van der Waals surface area contributed by atoms with Gasteiger partial charge in [0.1, 0.15) is 0 Å². The van der Waals surface area contributed by atoms with Gasteiger partial charge in [-0.05, 0) is 13.8 Å². The van der Waals surface area contributed by atoms with Crippen LogP contribution < -0.4 is 0 Å². The second-order valence-electron chi connectivity index (χ2n) is 2.59. The summed E-state index contributed by atoms with van der Waals surface area (Å²) >= 11 is 0. The molecule has 6 heteroatoms. The van der Waals surface area contributed by atoms with Crippen molar-refractivity contribution in [3.05, 3.63) is 0 Å². The Morgan fingerprint density at radius 2 is 1.43 bits per heavy atom. The van der Waals surface area contributed by atoms with Crippen LogP contribution in [-0.4, -0.2) is 52.2 Å². The third-order valence-electron chi connectivity index (χ3n) is 1.63. The summed E-state index contributed by atoms with van der Waals surface area (Å²) in [5.74, 6) is 0. The molecule has 0 aromatic carbocycles. The first-order valence-electron chi connectivity index (χ1n) is 4.77. The fourth-order valence-corrected chi connectivity index (χ4v) is 1.39. The van der Waals surface area contributed by atoms with E-state index < -0.39 is 10.9 Å². The average Bonchev–Trinajstić information content (AvgIpc) is 2.15. The zero-order chi connectivity index (χ0) is 10.8. The van der Waals surface area contributed by atoms with Crippen LogP contribution in [0, 0.1) is 0 Å². The molecule has 0 aliphatic rings. The molecule has 0 spiro atoms. The molecule has 0 fully saturated rings. The van der Waals surface area contributed by atoms with E-state index in [1.54, 1.807) is 0 Å². The molecule has 0 radical (unpaired) electrons. The maximum absolute atomic E-state index is 10.7. The van der Waals surface area contributed by atoms with Crippen molar-refractivity contribution < 1.29 is 17.9 Å². The molecular weight excluding hydrogens is 206 g/mol. The number of ether oxygens (including phenoxy) is 2. The minimum atomic E-state index is -2.52. The third-order valence-corrected chi connectivity index (χ3v) is 2.49. The number of hydrogen-bond donors (Lipinski definition) is 1. The van der Waals surface area contributed by atoms with Crippen molar-refractivity contribution in [1.82, 2.24) is 4.31 Å². The summed E-state index contributed by atoms with van der Waals surface area (Å²) in [4.78, 5) is 0. The summed E-state index contributed by atoms with van der Waals surface area (Å²) in [7, 11) is -2.52. The molecular formula is C8H19NO4S. The van der Waals surface area contributed by atoms with Crippen molar-refractivity contribution >= 4 is 10.9 Å². The molecule has 0 rings (SSSR count). The van der Waals surface area contributed by atoms with E-state index in [4.69, 9.17) is 9.47 Å². The monoisotopic (exact) mass is 225 g/mol. The lowest BCUT2D eigenvalue weighted by atomic mass is 10.6. The zero-order valence-electron chi connectivity index (χ0n) is 8.77. The maximum atomic E-state index is 10.7. The number of hydrogen-bond acceptors (Lipinski definition) is 4. The van der Waals surface area contributed by atoms with Crippen molar-refractivity contribution in [2.45, 2.75) is 13.8 Å². The first-order valence-corrected chi connectivity index (χ1v) is 5.90. The second-order valence-corrected chi connectivity index (χ2v) is 3.63. The van der Waals surface area contributed by atoms with Crippen LogP contribution in [0.2, 0.25) is 0 Å². The van der Waals surface area contributed by atoms with Gasteiger partial charge in [-0.15, -0.1) is 0 Å².